The van der Waals surface area contributed by atoms with Crippen LogP contribution in [0.3, 0.4) is 0 Å². The third-order valence-electron chi connectivity index (χ3n) is 6.28. The van der Waals surface area contributed by atoms with Crippen molar-refractivity contribution in [3.05, 3.63) is 47.3 Å². The lowest BCUT2D eigenvalue weighted by Gasteiger charge is -2.52. The van der Waals surface area contributed by atoms with Gasteiger partial charge in [-0.1, -0.05) is 18.2 Å². The molecule has 0 radical (unpaired) electrons. The number of rotatable bonds is 1. The topological polar surface area (TPSA) is 34.5 Å². The summed E-state index contributed by atoms with van der Waals surface area (Å²) in [5.41, 5.74) is 4.97. The monoisotopic (exact) mass is 400 g/mol. The quantitative estimate of drug-likeness (QED) is 0.668. The molecule has 1 aromatic heterocycles. The number of ether oxygens (including phenoxy) is 1. The van der Waals surface area contributed by atoms with Gasteiger partial charge in [0.25, 0.3) is 0 Å². The first-order valence-corrected chi connectivity index (χ1v) is 11.4. The normalized spacial score (nSPS) is 26.0. The lowest BCUT2D eigenvalue weighted by Crippen LogP contribution is -2.46. The van der Waals surface area contributed by atoms with Crippen LogP contribution in [0.1, 0.15) is 30.1 Å². The fourth-order valence-corrected chi connectivity index (χ4v) is 8.96. The van der Waals surface area contributed by atoms with Gasteiger partial charge in [-0.25, -0.2) is 4.79 Å². The summed E-state index contributed by atoms with van der Waals surface area (Å²) in [5, 5.41) is 1.35. The zero-order chi connectivity index (χ0) is 18.8. The molecule has 5 rings (SSSR count). The van der Waals surface area contributed by atoms with Gasteiger partial charge in [0.2, 0.25) is 0 Å². The minimum atomic E-state index is -0.182. The van der Waals surface area contributed by atoms with Gasteiger partial charge in [-0.3, -0.25) is 0 Å². The van der Waals surface area contributed by atoms with E-state index in [-0.39, 0.29) is 16.0 Å². The van der Waals surface area contributed by atoms with Gasteiger partial charge < -0.3 is 14.2 Å². The highest BCUT2D eigenvalue weighted by atomic mass is 32.2. The maximum absolute atomic E-state index is 12.7. The van der Waals surface area contributed by atoms with E-state index in [0.717, 1.165) is 23.5 Å². The summed E-state index contributed by atoms with van der Waals surface area (Å²) >= 11 is 4.07. The highest BCUT2D eigenvalue weighted by molar-refractivity contribution is 8.18. The number of thioether (sulfide) groups is 2. The molecule has 6 heteroatoms. The maximum Gasteiger partial charge on any atom is 0.335 e. The molecule has 0 amide bonds. The Morgan fingerprint density at radius 3 is 2.70 bits per heavy atom. The van der Waals surface area contributed by atoms with Crippen LogP contribution in [0, 0.1) is 5.92 Å². The van der Waals surface area contributed by atoms with Crippen molar-refractivity contribution in [2.75, 3.05) is 25.7 Å². The zero-order valence-electron chi connectivity index (χ0n) is 15.9. The Morgan fingerprint density at radius 1 is 1.22 bits per heavy atom. The molecule has 1 spiro atoms. The molecule has 1 aliphatic carbocycles. The standard InChI is InChI=1S/C21H24N2O2S2/c1-22-12-14(20(24)25-3)15-11-17(22)18-13-7-4-5-8-16(13)23(2)19(18)21(15)26-9-6-10-27-21/h4-5,7-8,12,15,17H,6,9-11H2,1-3H3. The van der Waals surface area contributed by atoms with E-state index in [2.05, 4.69) is 47.8 Å². The van der Waals surface area contributed by atoms with E-state index in [1.165, 1.54) is 35.7 Å². The number of carbonyl (C=O) groups is 1. The second kappa shape index (κ2) is 6.24. The van der Waals surface area contributed by atoms with Gasteiger partial charge in [0.05, 0.1) is 24.4 Å². The molecule has 4 nitrogen and oxygen atoms in total. The number of esters is 1. The third-order valence-corrected chi connectivity index (χ3v) is 9.79. The van der Waals surface area contributed by atoms with E-state index in [1.54, 1.807) is 0 Å². The van der Waals surface area contributed by atoms with Gasteiger partial charge in [-0.05, 0) is 30.4 Å². The lowest BCUT2D eigenvalue weighted by molar-refractivity contribution is -0.137. The summed E-state index contributed by atoms with van der Waals surface area (Å²) in [7, 11) is 5.78. The molecule has 3 heterocycles. The molecule has 0 N–H and O–H groups in total. The van der Waals surface area contributed by atoms with Gasteiger partial charge in [0, 0.05) is 42.7 Å². The van der Waals surface area contributed by atoms with Gasteiger partial charge >= 0.3 is 5.97 Å². The highest BCUT2D eigenvalue weighted by Crippen LogP contribution is 2.65. The van der Waals surface area contributed by atoms with Gasteiger partial charge in [0.1, 0.15) is 4.08 Å². The number of hydrogen-bond donors (Lipinski definition) is 0. The van der Waals surface area contributed by atoms with E-state index in [4.69, 9.17) is 4.74 Å². The third kappa shape index (κ3) is 2.29. The van der Waals surface area contributed by atoms with E-state index in [9.17, 15) is 4.79 Å². The van der Waals surface area contributed by atoms with Crippen LogP contribution in [0.2, 0.25) is 0 Å². The molecule has 2 aromatic rings. The van der Waals surface area contributed by atoms with E-state index in [1.807, 2.05) is 29.7 Å². The summed E-state index contributed by atoms with van der Waals surface area (Å²) in [5.74, 6) is 2.27. The first-order chi connectivity index (χ1) is 13.1. The second-order valence-corrected chi connectivity index (χ2v) is 10.5. The number of nitrogens with zero attached hydrogens (tertiary/aromatic N) is 2. The Bertz CT molecular complexity index is 958. The fourth-order valence-electron chi connectivity index (χ4n) is 5.14. The zero-order valence-corrected chi connectivity index (χ0v) is 17.5. The Hall–Kier alpha value is -1.53. The minimum Gasteiger partial charge on any atom is -0.466 e. The van der Waals surface area contributed by atoms with Crippen molar-refractivity contribution in [1.29, 1.82) is 0 Å². The molecule has 0 saturated carbocycles. The van der Waals surface area contributed by atoms with Crippen molar-refractivity contribution in [3.8, 4) is 0 Å². The summed E-state index contributed by atoms with van der Waals surface area (Å²) in [4.78, 5) is 14.9. The number of para-hydroxylation sites is 1. The largest absolute Gasteiger partial charge is 0.466 e. The Labute approximate surface area is 168 Å². The molecule has 1 fully saturated rings. The predicted molar refractivity (Wildman–Crippen MR) is 113 cm³/mol. The number of methoxy groups -OCH3 is 1. The summed E-state index contributed by atoms with van der Waals surface area (Å²) in [6.45, 7) is 0. The van der Waals surface area contributed by atoms with Gasteiger partial charge in [0.15, 0.2) is 0 Å². The molecule has 27 heavy (non-hydrogen) atoms. The highest BCUT2D eigenvalue weighted by Gasteiger charge is 2.56. The number of carbonyl (C=O) groups excluding carboxylic acids is 1. The molecule has 1 aromatic carbocycles. The van der Waals surface area contributed by atoms with Crippen LogP contribution in [0.15, 0.2) is 36.0 Å². The Balaban J connectivity index is 1.82. The maximum atomic E-state index is 12.7. The fraction of sp³-hybridized carbons (Fsp3) is 0.476. The predicted octanol–water partition coefficient (Wildman–Crippen LogP) is 4.26. The van der Waals surface area contributed by atoms with Crippen molar-refractivity contribution in [3.63, 3.8) is 0 Å². The van der Waals surface area contributed by atoms with E-state index >= 15 is 0 Å². The molecule has 2 unspecified atom stereocenters. The first kappa shape index (κ1) is 17.6. The van der Waals surface area contributed by atoms with Crippen molar-refractivity contribution in [2.45, 2.75) is 23.0 Å². The van der Waals surface area contributed by atoms with Crippen LogP contribution < -0.4 is 0 Å². The number of aromatic nitrogens is 1. The van der Waals surface area contributed by atoms with E-state index in [0.29, 0.717) is 6.04 Å². The molecule has 2 bridgehead atoms. The number of benzene rings is 1. The van der Waals surface area contributed by atoms with Crippen molar-refractivity contribution in [2.24, 2.45) is 13.0 Å². The smallest absolute Gasteiger partial charge is 0.335 e. The molecule has 142 valence electrons. The van der Waals surface area contributed by atoms with Crippen LogP contribution in [0.4, 0.5) is 0 Å². The average Bonchev–Trinajstić information content (AvgIpc) is 3.01. The average molecular weight is 401 g/mol. The summed E-state index contributed by atoms with van der Waals surface area (Å²) in [6.07, 6.45) is 4.25. The first-order valence-electron chi connectivity index (χ1n) is 9.46. The lowest BCUT2D eigenvalue weighted by atomic mass is 9.75. The van der Waals surface area contributed by atoms with Gasteiger partial charge in [-0.2, -0.15) is 0 Å². The SMILES string of the molecule is COC(=O)C1=CN(C)C2CC1C1(SCCCS1)c1c2c2ccccc2n1C. The van der Waals surface area contributed by atoms with Crippen LogP contribution in [0.25, 0.3) is 10.9 Å². The number of fused-ring (bicyclic) bond motifs is 8. The molecule has 2 aliphatic heterocycles. The summed E-state index contributed by atoms with van der Waals surface area (Å²) < 4.78 is 7.46. The second-order valence-electron chi connectivity index (χ2n) is 7.60. The number of aryl methyl sites for hydroxylation is 1. The summed E-state index contributed by atoms with van der Waals surface area (Å²) in [6, 6.07) is 9.04. The van der Waals surface area contributed by atoms with Crippen molar-refractivity contribution in [1.82, 2.24) is 9.47 Å². The van der Waals surface area contributed by atoms with Gasteiger partial charge in [-0.15, -0.1) is 23.5 Å². The molecule has 2 atom stereocenters. The van der Waals surface area contributed by atoms with Crippen molar-refractivity contribution >= 4 is 40.4 Å². The molecular weight excluding hydrogens is 376 g/mol. The van der Waals surface area contributed by atoms with E-state index < -0.39 is 0 Å². The van der Waals surface area contributed by atoms with Crippen LogP contribution >= 0.6 is 23.5 Å². The molecular formula is C21H24N2O2S2. The minimum absolute atomic E-state index is 0.112. The van der Waals surface area contributed by atoms with Crippen LogP contribution in [-0.4, -0.2) is 41.1 Å². The Morgan fingerprint density at radius 2 is 1.96 bits per heavy atom. The molecule has 3 aliphatic rings. The molecule has 1 saturated heterocycles. The number of hydrogen-bond acceptors (Lipinski definition) is 5. The van der Waals surface area contributed by atoms with Crippen molar-refractivity contribution < 1.29 is 9.53 Å². The van der Waals surface area contributed by atoms with Crippen LogP contribution in [0.5, 0.6) is 0 Å². The Kier molecular flexibility index (Phi) is 4.06. The van der Waals surface area contributed by atoms with Crippen LogP contribution in [-0.2, 0) is 20.7 Å².